The van der Waals surface area contributed by atoms with Gasteiger partial charge in [-0.2, -0.15) is 0 Å². The lowest BCUT2D eigenvalue weighted by Crippen LogP contribution is -2.33. The van der Waals surface area contributed by atoms with E-state index in [2.05, 4.69) is 10.1 Å². The predicted molar refractivity (Wildman–Crippen MR) is 75.5 cm³/mol. The van der Waals surface area contributed by atoms with Gasteiger partial charge in [0, 0.05) is 18.1 Å². The summed E-state index contributed by atoms with van der Waals surface area (Å²) in [4.78, 5) is 10.3. The van der Waals surface area contributed by atoms with Crippen LogP contribution in [0.3, 0.4) is 0 Å². The number of aliphatic hydroxyl groups is 1. The minimum Gasteiger partial charge on any atom is -0.448 e. The van der Waals surface area contributed by atoms with Gasteiger partial charge in [0.25, 0.3) is 0 Å². The molecule has 1 rings (SSSR count). The molecule has 6 nitrogen and oxygen atoms in total. The van der Waals surface area contributed by atoms with Gasteiger partial charge in [0.1, 0.15) is 6.61 Å². The highest BCUT2D eigenvalue weighted by atomic mass is 35.5. The van der Waals surface area contributed by atoms with Gasteiger partial charge in [-0.05, 0) is 17.7 Å². The lowest BCUT2D eigenvalue weighted by Gasteiger charge is -2.12. The van der Waals surface area contributed by atoms with Crippen LogP contribution in [0, 0.1) is 0 Å². The summed E-state index contributed by atoms with van der Waals surface area (Å²) in [5, 5.41) is 13.2. The van der Waals surface area contributed by atoms with Crippen molar-refractivity contribution in [3.05, 3.63) is 34.9 Å². The number of nitrogens with one attached hydrogen (secondary N) is 1. The van der Waals surface area contributed by atoms with Gasteiger partial charge in [0.15, 0.2) is 0 Å². The first-order chi connectivity index (χ1) is 9.58. The smallest absolute Gasteiger partial charge is 0.404 e. The van der Waals surface area contributed by atoms with Gasteiger partial charge in [-0.3, -0.25) is 0 Å². The second-order valence-electron chi connectivity index (χ2n) is 4.17. The number of carbonyl (C=O) groups excluding carboxylic acids is 1. The Labute approximate surface area is 122 Å². The van der Waals surface area contributed by atoms with Crippen LogP contribution in [0.4, 0.5) is 4.79 Å². The first-order valence-electron chi connectivity index (χ1n) is 6.21. The first-order valence-corrected chi connectivity index (χ1v) is 6.59. The third-order valence-electron chi connectivity index (χ3n) is 2.40. The van der Waals surface area contributed by atoms with Crippen LogP contribution in [0.1, 0.15) is 5.56 Å². The summed E-state index contributed by atoms with van der Waals surface area (Å²) in [6.45, 7) is 1.58. The van der Waals surface area contributed by atoms with E-state index in [1.165, 1.54) is 0 Å². The van der Waals surface area contributed by atoms with E-state index in [9.17, 15) is 9.90 Å². The van der Waals surface area contributed by atoms with Crippen LogP contribution < -0.4 is 11.1 Å². The summed E-state index contributed by atoms with van der Waals surface area (Å²) < 4.78 is 9.90. The molecule has 1 atom stereocenters. The van der Waals surface area contributed by atoms with Gasteiger partial charge in [-0.15, -0.1) is 0 Å². The van der Waals surface area contributed by atoms with Crippen LogP contribution in [0.15, 0.2) is 24.3 Å². The van der Waals surface area contributed by atoms with Gasteiger partial charge < -0.3 is 25.6 Å². The molecule has 0 aliphatic carbocycles. The Morgan fingerprint density at radius 1 is 1.40 bits per heavy atom. The number of rotatable bonds is 9. The number of primary amides is 1. The highest BCUT2D eigenvalue weighted by Crippen LogP contribution is 2.10. The molecule has 1 amide bonds. The molecule has 0 bridgehead atoms. The fraction of sp³-hybridized carbons (Fsp3) is 0.462. The van der Waals surface area contributed by atoms with Gasteiger partial charge in [0.05, 0.1) is 19.3 Å². The molecule has 0 saturated carbocycles. The summed E-state index contributed by atoms with van der Waals surface area (Å²) in [5.74, 6) is 0. The molecule has 0 aromatic heterocycles. The summed E-state index contributed by atoms with van der Waals surface area (Å²) in [6, 6.07) is 7.32. The molecule has 1 aromatic rings. The van der Waals surface area contributed by atoms with Crippen molar-refractivity contribution in [3.63, 3.8) is 0 Å². The molecule has 4 N–H and O–H groups in total. The van der Waals surface area contributed by atoms with Crippen molar-refractivity contribution in [2.24, 2.45) is 5.73 Å². The number of hydrogen-bond donors (Lipinski definition) is 3. The summed E-state index contributed by atoms with van der Waals surface area (Å²) >= 11 is 5.77. The van der Waals surface area contributed by atoms with Gasteiger partial charge in [-0.1, -0.05) is 23.7 Å². The zero-order valence-corrected chi connectivity index (χ0v) is 11.8. The molecule has 0 fully saturated rings. The Balaban J connectivity index is 2.03. The largest absolute Gasteiger partial charge is 0.448 e. The van der Waals surface area contributed by atoms with Crippen LogP contribution in [0.25, 0.3) is 0 Å². The quantitative estimate of drug-likeness (QED) is 0.589. The van der Waals surface area contributed by atoms with Crippen molar-refractivity contribution in [1.29, 1.82) is 0 Å². The van der Waals surface area contributed by atoms with Crippen molar-refractivity contribution in [2.45, 2.75) is 12.7 Å². The van der Waals surface area contributed by atoms with E-state index in [0.717, 1.165) is 5.56 Å². The van der Waals surface area contributed by atoms with Gasteiger partial charge in [-0.25, -0.2) is 4.79 Å². The molecule has 112 valence electrons. The highest BCUT2D eigenvalue weighted by molar-refractivity contribution is 6.30. The van der Waals surface area contributed by atoms with Crippen LogP contribution >= 0.6 is 11.6 Å². The molecule has 0 heterocycles. The molecule has 0 saturated heterocycles. The zero-order chi connectivity index (χ0) is 14.8. The van der Waals surface area contributed by atoms with Crippen molar-refractivity contribution in [2.75, 3.05) is 26.3 Å². The van der Waals surface area contributed by atoms with Crippen LogP contribution in [0.2, 0.25) is 5.02 Å². The van der Waals surface area contributed by atoms with Crippen molar-refractivity contribution < 1.29 is 19.4 Å². The number of aliphatic hydroxyl groups excluding tert-OH is 1. The van der Waals surface area contributed by atoms with E-state index in [4.69, 9.17) is 22.1 Å². The summed E-state index contributed by atoms with van der Waals surface area (Å²) in [5.41, 5.74) is 5.79. The standard InChI is InChI=1S/C13H19ClN2O4/c14-11-3-1-10(2-4-11)8-19-9-12(17)7-16-5-6-20-13(15)18/h1-4,12,16-17H,5-9H2,(H2,15,18). The maximum absolute atomic E-state index is 10.3. The number of ether oxygens (including phenoxy) is 2. The minimum absolute atomic E-state index is 0.174. The molecular weight excluding hydrogens is 284 g/mol. The van der Waals surface area contributed by atoms with Crippen molar-refractivity contribution in [1.82, 2.24) is 5.32 Å². The minimum atomic E-state index is -0.807. The number of hydrogen-bond acceptors (Lipinski definition) is 5. The summed E-state index contributed by atoms with van der Waals surface area (Å²) in [7, 11) is 0. The Morgan fingerprint density at radius 2 is 2.10 bits per heavy atom. The lowest BCUT2D eigenvalue weighted by atomic mass is 10.2. The summed E-state index contributed by atoms with van der Waals surface area (Å²) in [6.07, 6.45) is -1.44. The Hall–Kier alpha value is -1.34. The van der Waals surface area contributed by atoms with E-state index >= 15 is 0 Å². The average Bonchev–Trinajstić information content (AvgIpc) is 2.40. The number of amides is 1. The predicted octanol–water partition coefficient (Wildman–Crippen LogP) is 0.902. The maximum Gasteiger partial charge on any atom is 0.404 e. The van der Waals surface area contributed by atoms with E-state index < -0.39 is 12.2 Å². The fourth-order valence-electron chi connectivity index (χ4n) is 1.44. The molecule has 0 radical (unpaired) electrons. The van der Waals surface area contributed by atoms with E-state index in [1.807, 2.05) is 12.1 Å². The number of nitrogens with two attached hydrogens (primary N) is 1. The average molecular weight is 303 g/mol. The van der Waals surface area contributed by atoms with Crippen molar-refractivity contribution >= 4 is 17.7 Å². The van der Waals surface area contributed by atoms with Gasteiger partial charge in [0.2, 0.25) is 0 Å². The fourth-order valence-corrected chi connectivity index (χ4v) is 1.57. The Bertz CT molecular complexity index is 400. The molecule has 20 heavy (non-hydrogen) atoms. The first kappa shape index (κ1) is 16.7. The second-order valence-corrected chi connectivity index (χ2v) is 4.60. The lowest BCUT2D eigenvalue weighted by molar-refractivity contribution is 0.0284. The van der Waals surface area contributed by atoms with Crippen LogP contribution in [-0.2, 0) is 16.1 Å². The normalized spacial score (nSPS) is 12.1. The third-order valence-corrected chi connectivity index (χ3v) is 2.65. The second kappa shape index (κ2) is 9.55. The third kappa shape index (κ3) is 7.96. The SMILES string of the molecule is NC(=O)OCCNCC(O)COCc1ccc(Cl)cc1. The number of halogens is 1. The Kier molecular flexibility index (Phi) is 7.98. The Morgan fingerprint density at radius 3 is 2.75 bits per heavy atom. The maximum atomic E-state index is 10.3. The zero-order valence-electron chi connectivity index (χ0n) is 11.0. The van der Waals surface area contributed by atoms with E-state index in [-0.39, 0.29) is 13.2 Å². The van der Waals surface area contributed by atoms with Crippen molar-refractivity contribution in [3.8, 4) is 0 Å². The molecule has 0 spiro atoms. The topological polar surface area (TPSA) is 93.8 Å². The van der Waals surface area contributed by atoms with E-state index in [1.54, 1.807) is 12.1 Å². The monoisotopic (exact) mass is 302 g/mol. The van der Waals surface area contributed by atoms with Crippen LogP contribution in [0.5, 0.6) is 0 Å². The molecule has 1 unspecified atom stereocenters. The van der Waals surface area contributed by atoms with Crippen LogP contribution in [-0.4, -0.2) is 43.6 Å². The van der Waals surface area contributed by atoms with E-state index in [0.29, 0.717) is 24.7 Å². The highest BCUT2D eigenvalue weighted by Gasteiger charge is 2.04. The van der Waals surface area contributed by atoms with Gasteiger partial charge >= 0.3 is 6.09 Å². The molecule has 1 aromatic carbocycles. The molecule has 7 heteroatoms. The number of carbonyl (C=O) groups is 1. The molecule has 0 aliphatic rings. The molecular formula is C13H19ClN2O4. The number of benzene rings is 1. The molecule has 0 aliphatic heterocycles.